The van der Waals surface area contributed by atoms with Crippen LogP contribution in [0.1, 0.15) is 36.8 Å². The fourth-order valence-electron chi connectivity index (χ4n) is 3.67. The molecule has 1 N–H and O–H groups in total. The Morgan fingerprint density at radius 2 is 1.76 bits per heavy atom. The molecule has 0 radical (unpaired) electrons. The zero-order valence-corrected chi connectivity index (χ0v) is 15.3. The Balaban J connectivity index is 1.57. The number of hydrogen-bond donors (Lipinski definition) is 1. The van der Waals surface area contributed by atoms with E-state index in [1.54, 1.807) is 7.11 Å². The maximum absolute atomic E-state index is 10.1. The molecule has 0 amide bonds. The molecule has 1 fully saturated rings. The van der Waals surface area contributed by atoms with Crippen molar-refractivity contribution in [3.8, 4) is 5.75 Å². The molecule has 0 spiro atoms. The van der Waals surface area contributed by atoms with Crippen molar-refractivity contribution >= 4 is 0 Å². The molecule has 4 nitrogen and oxygen atoms in total. The van der Waals surface area contributed by atoms with E-state index < -0.39 is 0 Å². The molecule has 1 aliphatic heterocycles. The maximum atomic E-state index is 10.1. The van der Waals surface area contributed by atoms with Gasteiger partial charge in [0.15, 0.2) is 0 Å². The predicted molar refractivity (Wildman–Crippen MR) is 98.8 cm³/mol. The lowest BCUT2D eigenvalue weighted by molar-refractivity contribution is 0.0390. The standard InChI is InChI=1S/C21H29NO3/c1-3-18-8-9-20(25-18)15-22-12-10-21(16-23,11-13-22)14-17-4-6-19(24-2)7-5-17/h4-9,23H,3,10-16H2,1-2H3. The SMILES string of the molecule is CCc1ccc(CN2CCC(CO)(Cc3ccc(OC)cc3)CC2)o1. The summed E-state index contributed by atoms with van der Waals surface area (Å²) in [7, 11) is 1.68. The Morgan fingerprint density at radius 3 is 2.32 bits per heavy atom. The first-order valence-corrected chi connectivity index (χ1v) is 9.20. The molecule has 4 heteroatoms. The first kappa shape index (κ1) is 18.0. The van der Waals surface area contributed by atoms with Gasteiger partial charge in [-0.2, -0.15) is 0 Å². The van der Waals surface area contributed by atoms with Crippen molar-refractivity contribution in [1.82, 2.24) is 4.90 Å². The number of nitrogens with zero attached hydrogens (tertiary/aromatic N) is 1. The summed E-state index contributed by atoms with van der Waals surface area (Å²) in [6, 6.07) is 12.4. The molecule has 0 unspecified atom stereocenters. The zero-order valence-electron chi connectivity index (χ0n) is 15.3. The van der Waals surface area contributed by atoms with Crippen LogP contribution in [-0.4, -0.2) is 36.8 Å². The highest BCUT2D eigenvalue weighted by molar-refractivity contribution is 5.28. The number of aryl methyl sites for hydroxylation is 1. The van der Waals surface area contributed by atoms with Crippen molar-refractivity contribution in [2.45, 2.75) is 39.2 Å². The molecule has 1 saturated heterocycles. The largest absolute Gasteiger partial charge is 0.497 e. The highest BCUT2D eigenvalue weighted by Gasteiger charge is 2.34. The summed E-state index contributed by atoms with van der Waals surface area (Å²) >= 11 is 0. The molecule has 1 aromatic carbocycles. The van der Waals surface area contributed by atoms with Gasteiger partial charge in [-0.05, 0) is 67.6 Å². The van der Waals surface area contributed by atoms with Gasteiger partial charge in [-0.3, -0.25) is 4.90 Å². The number of ether oxygens (including phenoxy) is 1. The third kappa shape index (κ3) is 4.44. The maximum Gasteiger partial charge on any atom is 0.118 e. The molecule has 2 heterocycles. The van der Waals surface area contributed by atoms with Crippen molar-refractivity contribution in [2.24, 2.45) is 5.41 Å². The average Bonchev–Trinajstić information content (AvgIpc) is 3.12. The minimum atomic E-state index is -0.0111. The number of aliphatic hydroxyl groups is 1. The predicted octanol–water partition coefficient (Wildman–Crippen LogP) is 3.67. The van der Waals surface area contributed by atoms with E-state index in [2.05, 4.69) is 36.1 Å². The molecule has 1 aliphatic rings. The van der Waals surface area contributed by atoms with Gasteiger partial charge in [-0.1, -0.05) is 19.1 Å². The van der Waals surface area contributed by atoms with E-state index in [1.807, 2.05) is 12.1 Å². The molecule has 0 aliphatic carbocycles. The van der Waals surface area contributed by atoms with Crippen LogP contribution in [0.3, 0.4) is 0 Å². The van der Waals surface area contributed by atoms with E-state index in [0.717, 1.165) is 62.6 Å². The summed E-state index contributed by atoms with van der Waals surface area (Å²) in [5.74, 6) is 2.97. The average molecular weight is 343 g/mol. The van der Waals surface area contributed by atoms with Crippen molar-refractivity contribution in [2.75, 3.05) is 26.8 Å². The Kier molecular flexibility index (Phi) is 5.82. The monoisotopic (exact) mass is 343 g/mol. The highest BCUT2D eigenvalue weighted by atomic mass is 16.5. The van der Waals surface area contributed by atoms with Gasteiger partial charge in [0, 0.05) is 13.0 Å². The molecule has 0 saturated carbocycles. The second kappa shape index (κ2) is 8.07. The molecular formula is C21H29NO3. The van der Waals surface area contributed by atoms with Crippen LogP contribution in [0.25, 0.3) is 0 Å². The number of rotatable bonds is 7. The molecule has 0 bridgehead atoms. The van der Waals surface area contributed by atoms with Crippen LogP contribution in [0.5, 0.6) is 5.75 Å². The van der Waals surface area contributed by atoms with Gasteiger partial charge in [0.25, 0.3) is 0 Å². The highest BCUT2D eigenvalue weighted by Crippen LogP contribution is 2.35. The van der Waals surface area contributed by atoms with Crippen molar-refractivity contribution in [3.05, 3.63) is 53.5 Å². The fourth-order valence-corrected chi connectivity index (χ4v) is 3.67. The topological polar surface area (TPSA) is 45.8 Å². The minimum Gasteiger partial charge on any atom is -0.497 e. The minimum absolute atomic E-state index is 0.0111. The Bertz CT molecular complexity index is 654. The Morgan fingerprint density at radius 1 is 1.08 bits per heavy atom. The lowest BCUT2D eigenvalue weighted by atomic mass is 9.74. The second-order valence-electron chi connectivity index (χ2n) is 7.18. The number of likely N-dealkylation sites (tertiary alicyclic amines) is 1. The number of methoxy groups -OCH3 is 1. The number of benzene rings is 1. The van der Waals surface area contributed by atoms with E-state index in [-0.39, 0.29) is 12.0 Å². The van der Waals surface area contributed by atoms with Crippen LogP contribution in [0.15, 0.2) is 40.8 Å². The summed E-state index contributed by atoms with van der Waals surface area (Å²) in [4.78, 5) is 2.43. The molecule has 3 rings (SSSR count). The number of piperidine rings is 1. The van der Waals surface area contributed by atoms with Gasteiger partial charge in [0.2, 0.25) is 0 Å². The van der Waals surface area contributed by atoms with E-state index >= 15 is 0 Å². The first-order valence-electron chi connectivity index (χ1n) is 9.20. The van der Waals surface area contributed by atoms with Crippen LogP contribution in [0.4, 0.5) is 0 Å². The van der Waals surface area contributed by atoms with Crippen molar-refractivity contribution in [1.29, 1.82) is 0 Å². The van der Waals surface area contributed by atoms with Gasteiger partial charge >= 0.3 is 0 Å². The third-order valence-electron chi connectivity index (χ3n) is 5.44. The first-order chi connectivity index (χ1) is 12.2. The lowest BCUT2D eigenvalue weighted by Crippen LogP contribution is -2.42. The van der Waals surface area contributed by atoms with Crippen LogP contribution < -0.4 is 4.74 Å². The Hall–Kier alpha value is -1.78. The van der Waals surface area contributed by atoms with Crippen molar-refractivity contribution < 1.29 is 14.3 Å². The van der Waals surface area contributed by atoms with E-state index in [9.17, 15) is 5.11 Å². The summed E-state index contributed by atoms with van der Waals surface area (Å²) in [6.45, 7) is 5.22. The fraction of sp³-hybridized carbons (Fsp3) is 0.524. The Labute approximate surface area is 150 Å². The van der Waals surface area contributed by atoms with Gasteiger partial charge < -0.3 is 14.3 Å². The van der Waals surface area contributed by atoms with E-state index in [1.165, 1.54) is 5.56 Å². The van der Waals surface area contributed by atoms with Crippen LogP contribution >= 0.6 is 0 Å². The van der Waals surface area contributed by atoms with Crippen LogP contribution in [-0.2, 0) is 19.4 Å². The quantitative estimate of drug-likeness (QED) is 0.833. The molecule has 1 aromatic heterocycles. The van der Waals surface area contributed by atoms with Gasteiger partial charge in [0.05, 0.1) is 13.7 Å². The molecule has 25 heavy (non-hydrogen) atoms. The molecule has 136 valence electrons. The third-order valence-corrected chi connectivity index (χ3v) is 5.44. The number of aliphatic hydroxyl groups excluding tert-OH is 1. The lowest BCUT2D eigenvalue weighted by Gasteiger charge is -2.40. The summed E-state index contributed by atoms with van der Waals surface area (Å²) in [5, 5.41) is 10.1. The van der Waals surface area contributed by atoms with E-state index in [0.29, 0.717) is 0 Å². The van der Waals surface area contributed by atoms with E-state index in [4.69, 9.17) is 9.15 Å². The number of hydrogen-bond acceptors (Lipinski definition) is 4. The zero-order chi connectivity index (χ0) is 17.7. The summed E-state index contributed by atoms with van der Waals surface area (Å²) < 4.78 is 11.1. The summed E-state index contributed by atoms with van der Waals surface area (Å²) in [5.41, 5.74) is 1.25. The van der Waals surface area contributed by atoms with Crippen LogP contribution in [0.2, 0.25) is 0 Å². The normalized spacial score (nSPS) is 17.6. The summed E-state index contributed by atoms with van der Waals surface area (Å²) in [6.07, 6.45) is 3.88. The molecular weight excluding hydrogens is 314 g/mol. The van der Waals surface area contributed by atoms with Gasteiger partial charge in [0.1, 0.15) is 17.3 Å². The van der Waals surface area contributed by atoms with Gasteiger partial charge in [-0.25, -0.2) is 0 Å². The van der Waals surface area contributed by atoms with Crippen LogP contribution in [0, 0.1) is 5.41 Å². The number of furan rings is 1. The van der Waals surface area contributed by atoms with Gasteiger partial charge in [-0.15, -0.1) is 0 Å². The molecule has 0 atom stereocenters. The second-order valence-corrected chi connectivity index (χ2v) is 7.18. The van der Waals surface area contributed by atoms with Crippen molar-refractivity contribution in [3.63, 3.8) is 0 Å². The smallest absolute Gasteiger partial charge is 0.118 e. The molecule has 2 aromatic rings.